The third-order valence-electron chi connectivity index (χ3n) is 4.57. The first-order chi connectivity index (χ1) is 14.2. The summed E-state index contributed by atoms with van der Waals surface area (Å²) in [5.74, 6) is 0.633. The minimum Gasteiger partial charge on any atom is -0.378 e. The first-order valence-corrected chi connectivity index (χ1v) is 9.76. The average Bonchev–Trinajstić information content (AvgIpc) is 2.75. The molecule has 150 valence electrons. The smallest absolute Gasteiger partial charge is 0.229 e. The lowest BCUT2D eigenvalue weighted by Crippen LogP contribution is -2.36. The molecule has 0 radical (unpaired) electrons. The van der Waals surface area contributed by atoms with Crippen molar-refractivity contribution in [3.63, 3.8) is 0 Å². The van der Waals surface area contributed by atoms with E-state index in [1.807, 2.05) is 18.2 Å². The normalized spacial score (nSPS) is 13.9. The van der Waals surface area contributed by atoms with Gasteiger partial charge in [0.1, 0.15) is 10.8 Å². The SMILES string of the molecule is Fc1cccc(CNc2nc(Nc3cccc(N4CCOCC4)c3)ncc2Cl)c1. The zero-order chi connectivity index (χ0) is 20.1. The van der Waals surface area contributed by atoms with E-state index in [0.717, 1.165) is 43.2 Å². The van der Waals surface area contributed by atoms with Crippen LogP contribution in [0.2, 0.25) is 5.02 Å². The molecule has 2 heterocycles. The zero-order valence-corrected chi connectivity index (χ0v) is 16.5. The van der Waals surface area contributed by atoms with Crippen LogP contribution in [0.25, 0.3) is 0 Å². The maximum Gasteiger partial charge on any atom is 0.229 e. The van der Waals surface area contributed by atoms with Gasteiger partial charge in [0, 0.05) is 31.0 Å². The van der Waals surface area contributed by atoms with E-state index < -0.39 is 0 Å². The standard InChI is InChI=1S/C21H21ClFN5O/c22-19-14-25-21(27-20(19)24-13-15-3-1-4-16(23)11-15)26-17-5-2-6-18(12-17)28-7-9-29-10-8-28/h1-6,11-12,14H,7-10,13H2,(H2,24,25,26,27). The summed E-state index contributed by atoms with van der Waals surface area (Å²) >= 11 is 6.22. The molecule has 1 aliphatic heterocycles. The highest BCUT2D eigenvalue weighted by Gasteiger charge is 2.12. The number of aromatic nitrogens is 2. The fourth-order valence-electron chi connectivity index (χ4n) is 3.12. The van der Waals surface area contributed by atoms with Gasteiger partial charge < -0.3 is 20.3 Å². The molecule has 1 fully saturated rings. The molecule has 29 heavy (non-hydrogen) atoms. The number of hydrogen-bond donors (Lipinski definition) is 2. The van der Waals surface area contributed by atoms with Crippen LogP contribution >= 0.6 is 11.6 Å². The molecule has 4 rings (SSSR count). The highest BCUT2D eigenvalue weighted by atomic mass is 35.5. The Morgan fingerprint density at radius 2 is 1.93 bits per heavy atom. The molecule has 3 aromatic rings. The lowest BCUT2D eigenvalue weighted by atomic mass is 10.2. The van der Waals surface area contributed by atoms with Crippen LogP contribution in [0.5, 0.6) is 0 Å². The minimum absolute atomic E-state index is 0.277. The van der Waals surface area contributed by atoms with Gasteiger partial charge in [-0.05, 0) is 35.9 Å². The highest BCUT2D eigenvalue weighted by molar-refractivity contribution is 6.32. The van der Waals surface area contributed by atoms with Crippen molar-refractivity contribution in [3.05, 3.63) is 71.1 Å². The summed E-state index contributed by atoms with van der Waals surface area (Å²) in [6.07, 6.45) is 1.54. The fraction of sp³-hybridized carbons (Fsp3) is 0.238. The summed E-state index contributed by atoms with van der Waals surface area (Å²) < 4.78 is 18.8. The number of rotatable bonds is 6. The molecule has 1 aromatic heterocycles. The Morgan fingerprint density at radius 1 is 1.10 bits per heavy atom. The third kappa shape index (κ3) is 5.13. The average molecular weight is 414 g/mol. The summed E-state index contributed by atoms with van der Waals surface area (Å²) in [6, 6.07) is 14.5. The zero-order valence-electron chi connectivity index (χ0n) is 15.7. The summed E-state index contributed by atoms with van der Waals surface area (Å²) in [5, 5.41) is 6.75. The maximum atomic E-state index is 13.3. The van der Waals surface area contributed by atoms with Crippen molar-refractivity contribution in [2.75, 3.05) is 41.8 Å². The second-order valence-electron chi connectivity index (χ2n) is 6.65. The van der Waals surface area contributed by atoms with Gasteiger partial charge in [-0.1, -0.05) is 29.8 Å². The summed E-state index contributed by atoms with van der Waals surface area (Å²) in [5.41, 5.74) is 2.80. The fourth-order valence-corrected chi connectivity index (χ4v) is 3.27. The quantitative estimate of drug-likeness (QED) is 0.622. The maximum absolute atomic E-state index is 13.3. The molecule has 0 amide bonds. The van der Waals surface area contributed by atoms with E-state index in [0.29, 0.717) is 23.3 Å². The Kier molecular flexibility index (Phi) is 6.07. The van der Waals surface area contributed by atoms with Crippen LogP contribution < -0.4 is 15.5 Å². The molecule has 2 aromatic carbocycles. The summed E-state index contributed by atoms with van der Waals surface area (Å²) in [7, 11) is 0. The Bertz CT molecular complexity index is 981. The second-order valence-corrected chi connectivity index (χ2v) is 7.06. The van der Waals surface area contributed by atoms with Crippen molar-refractivity contribution in [1.82, 2.24) is 9.97 Å². The van der Waals surface area contributed by atoms with Gasteiger partial charge in [-0.15, -0.1) is 0 Å². The van der Waals surface area contributed by atoms with Crippen LogP contribution in [0.4, 0.5) is 27.5 Å². The lowest BCUT2D eigenvalue weighted by molar-refractivity contribution is 0.122. The van der Waals surface area contributed by atoms with E-state index in [9.17, 15) is 4.39 Å². The van der Waals surface area contributed by atoms with Gasteiger partial charge in [0.2, 0.25) is 5.95 Å². The minimum atomic E-state index is -0.277. The Morgan fingerprint density at radius 3 is 2.76 bits per heavy atom. The first-order valence-electron chi connectivity index (χ1n) is 9.38. The van der Waals surface area contributed by atoms with E-state index in [1.165, 1.54) is 18.3 Å². The number of nitrogens with one attached hydrogen (secondary N) is 2. The van der Waals surface area contributed by atoms with Crippen LogP contribution in [0.15, 0.2) is 54.7 Å². The van der Waals surface area contributed by atoms with E-state index >= 15 is 0 Å². The van der Waals surface area contributed by atoms with Crippen molar-refractivity contribution >= 4 is 34.7 Å². The van der Waals surface area contributed by atoms with E-state index in [1.54, 1.807) is 6.07 Å². The van der Waals surface area contributed by atoms with Gasteiger partial charge in [-0.2, -0.15) is 4.98 Å². The first kappa shape index (κ1) is 19.4. The largest absolute Gasteiger partial charge is 0.378 e. The Hall–Kier alpha value is -2.90. The van der Waals surface area contributed by atoms with Gasteiger partial charge in [-0.25, -0.2) is 9.37 Å². The van der Waals surface area contributed by atoms with Gasteiger partial charge >= 0.3 is 0 Å². The third-order valence-corrected chi connectivity index (χ3v) is 4.85. The monoisotopic (exact) mass is 413 g/mol. The number of morpholine rings is 1. The summed E-state index contributed by atoms with van der Waals surface area (Å²) in [4.78, 5) is 11.0. The van der Waals surface area contributed by atoms with Gasteiger partial charge in [-0.3, -0.25) is 0 Å². The second kappa shape index (κ2) is 9.07. The van der Waals surface area contributed by atoms with Gasteiger partial charge in [0.05, 0.1) is 19.4 Å². The van der Waals surface area contributed by atoms with E-state index in [4.69, 9.17) is 16.3 Å². The molecule has 0 unspecified atom stereocenters. The number of anilines is 4. The Labute approximate surface area is 173 Å². The topological polar surface area (TPSA) is 62.3 Å². The van der Waals surface area contributed by atoms with E-state index in [-0.39, 0.29) is 5.82 Å². The molecular formula is C21H21ClFN5O. The number of hydrogen-bond acceptors (Lipinski definition) is 6. The molecule has 1 aliphatic rings. The molecule has 1 saturated heterocycles. The molecule has 0 bridgehead atoms. The molecular weight excluding hydrogens is 393 g/mol. The van der Waals surface area contributed by atoms with Crippen LogP contribution in [0.1, 0.15) is 5.56 Å². The lowest BCUT2D eigenvalue weighted by Gasteiger charge is -2.29. The summed E-state index contributed by atoms with van der Waals surface area (Å²) in [6.45, 7) is 3.61. The number of ether oxygens (including phenoxy) is 1. The number of halogens is 2. The molecule has 0 spiro atoms. The van der Waals surface area contributed by atoms with Gasteiger partial charge in [0.15, 0.2) is 5.82 Å². The highest BCUT2D eigenvalue weighted by Crippen LogP contribution is 2.25. The van der Waals surface area contributed by atoms with Crippen molar-refractivity contribution < 1.29 is 9.13 Å². The predicted molar refractivity (Wildman–Crippen MR) is 114 cm³/mol. The van der Waals surface area contributed by atoms with Gasteiger partial charge in [0.25, 0.3) is 0 Å². The molecule has 2 N–H and O–H groups in total. The number of benzene rings is 2. The van der Waals surface area contributed by atoms with Crippen LogP contribution in [0.3, 0.4) is 0 Å². The molecule has 8 heteroatoms. The molecule has 0 atom stereocenters. The van der Waals surface area contributed by atoms with E-state index in [2.05, 4.69) is 37.6 Å². The van der Waals surface area contributed by atoms with Crippen LogP contribution in [0, 0.1) is 5.82 Å². The van der Waals surface area contributed by atoms with Crippen molar-refractivity contribution in [2.45, 2.75) is 6.54 Å². The molecule has 0 aliphatic carbocycles. The van der Waals surface area contributed by atoms with Crippen molar-refractivity contribution in [1.29, 1.82) is 0 Å². The van der Waals surface area contributed by atoms with Crippen molar-refractivity contribution in [2.24, 2.45) is 0 Å². The van der Waals surface area contributed by atoms with Crippen LogP contribution in [-0.4, -0.2) is 36.3 Å². The molecule has 6 nitrogen and oxygen atoms in total. The molecule has 0 saturated carbocycles. The van der Waals surface area contributed by atoms with Crippen LogP contribution in [-0.2, 0) is 11.3 Å². The number of nitrogens with zero attached hydrogens (tertiary/aromatic N) is 3. The van der Waals surface area contributed by atoms with Crippen molar-refractivity contribution in [3.8, 4) is 0 Å². The Balaban J connectivity index is 1.46. The predicted octanol–water partition coefficient (Wildman–Crippen LogP) is 4.46.